The molecule has 1 aromatic heterocycles. The molecule has 2 nitrogen and oxygen atoms in total. The van der Waals surface area contributed by atoms with Gasteiger partial charge in [0.05, 0.1) is 12.3 Å². The Bertz CT molecular complexity index is 308. The van der Waals surface area contributed by atoms with Crippen molar-refractivity contribution < 1.29 is 13.9 Å². The maximum Gasteiger partial charge on any atom is 0.280 e. The maximum atomic E-state index is 12.4. The molecule has 6 heteroatoms. The van der Waals surface area contributed by atoms with E-state index in [0.29, 0.717) is 21.1 Å². The summed E-state index contributed by atoms with van der Waals surface area (Å²) in [6, 6.07) is 1.20. The van der Waals surface area contributed by atoms with Crippen molar-refractivity contribution in [2.45, 2.75) is 18.4 Å². The number of nitrogens with zero attached hydrogens (tertiary/aromatic N) is 1. The highest BCUT2D eigenvalue weighted by molar-refractivity contribution is 9.10. The van der Waals surface area contributed by atoms with E-state index in [1.54, 1.807) is 0 Å². The molecule has 78 valence electrons. The first-order chi connectivity index (χ1) is 6.60. The topological polar surface area (TPSA) is 33.1 Å². The number of rotatable bonds is 3. The molecule has 0 aromatic carbocycles. The van der Waals surface area contributed by atoms with Crippen molar-refractivity contribution in [1.29, 1.82) is 0 Å². The van der Waals surface area contributed by atoms with E-state index in [1.165, 1.54) is 6.07 Å². The number of aromatic nitrogens is 1. The van der Waals surface area contributed by atoms with Gasteiger partial charge in [0.2, 0.25) is 0 Å². The lowest BCUT2D eigenvalue weighted by Gasteiger charge is -2.08. The van der Waals surface area contributed by atoms with Gasteiger partial charge < -0.3 is 5.11 Å². The average molecular weight is 331 g/mol. The van der Waals surface area contributed by atoms with E-state index in [2.05, 4.69) is 36.8 Å². The Balaban J connectivity index is 3.25. The monoisotopic (exact) mass is 329 g/mol. The second-order valence-corrected chi connectivity index (χ2v) is 3.91. The molecule has 0 saturated carbocycles. The highest BCUT2D eigenvalue weighted by atomic mass is 79.9. The lowest BCUT2D eigenvalue weighted by atomic mass is 10.2. The van der Waals surface area contributed by atoms with Crippen LogP contribution in [0.1, 0.15) is 23.4 Å². The summed E-state index contributed by atoms with van der Waals surface area (Å²) in [5, 5.41) is 9.29. The average Bonchev–Trinajstić information content (AvgIpc) is 2.17. The Kier molecular flexibility index (Phi) is 4.40. The molecule has 0 aliphatic rings. The van der Waals surface area contributed by atoms with Crippen LogP contribution in [0.5, 0.6) is 0 Å². The largest absolute Gasteiger partial charge is 0.392 e. The molecule has 0 amide bonds. The van der Waals surface area contributed by atoms with Crippen LogP contribution in [0.4, 0.5) is 8.78 Å². The minimum Gasteiger partial charge on any atom is -0.392 e. The van der Waals surface area contributed by atoms with Crippen LogP contribution in [-0.4, -0.2) is 10.1 Å². The number of halogens is 4. The van der Waals surface area contributed by atoms with Crippen LogP contribution < -0.4 is 0 Å². The van der Waals surface area contributed by atoms with E-state index < -0.39 is 6.43 Å². The lowest BCUT2D eigenvalue weighted by Crippen LogP contribution is -2.00. The molecule has 0 aliphatic heterocycles. The molecule has 0 aliphatic carbocycles. The Morgan fingerprint density at radius 3 is 2.57 bits per heavy atom. The molecule has 1 aromatic rings. The van der Waals surface area contributed by atoms with Gasteiger partial charge in [-0.3, -0.25) is 0 Å². The van der Waals surface area contributed by atoms with Gasteiger partial charge in [0.1, 0.15) is 5.69 Å². The fraction of sp³-hybridized carbons (Fsp3) is 0.375. The Morgan fingerprint density at radius 1 is 1.50 bits per heavy atom. The Morgan fingerprint density at radius 2 is 2.14 bits per heavy atom. The van der Waals surface area contributed by atoms with Crippen molar-refractivity contribution in [3.63, 3.8) is 0 Å². The summed E-state index contributed by atoms with van der Waals surface area (Å²) in [5.41, 5.74) is 0.573. The number of hydrogen-bond acceptors (Lipinski definition) is 2. The van der Waals surface area contributed by atoms with Gasteiger partial charge in [-0.15, -0.1) is 0 Å². The third-order valence-corrected chi connectivity index (χ3v) is 3.14. The summed E-state index contributed by atoms with van der Waals surface area (Å²) < 4.78 is 25.3. The summed E-state index contributed by atoms with van der Waals surface area (Å²) in [5.74, 6) is 0. The molecule has 1 rings (SSSR count). The predicted octanol–water partition coefficient (Wildman–Crippen LogP) is 3.17. The number of pyridine rings is 1. The van der Waals surface area contributed by atoms with E-state index in [-0.39, 0.29) is 12.3 Å². The summed E-state index contributed by atoms with van der Waals surface area (Å²) in [4.78, 5) is 3.74. The first-order valence-electron chi connectivity index (χ1n) is 3.73. The van der Waals surface area contributed by atoms with Crippen LogP contribution in [-0.2, 0) is 11.9 Å². The van der Waals surface area contributed by atoms with Gasteiger partial charge in [0.25, 0.3) is 6.43 Å². The highest BCUT2D eigenvalue weighted by Crippen LogP contribution is 2.27. The normalized spacial score (nSPS) is 11.0. The van der Waals surface area contributed by atoms with Gasteiger partial charge >= 0.3 is 0 Å². The molecule has 0 unspecified atom stereocenters. The van der Waals surface area contributed by atoms with Gasteiger partial charge in [-0.2, -0.15) is 0 Å². The molecule has 0 atom stereocenters. The summed E-state index contributed by atoms with van der Waals surface area (Å²) in [7, 11) is 0. The number of aliphatic hydroxyl groups excluding tert-OH is 1. The van der Waals surface area contributed by atoms with Crippen molar-refractivity contribution in [1.82, 2.24) is 4.98 Å². The smallest absolute Gasteiger partial charge is 0.280 e. The summed E-state index contributed by atoms with van der Waals surface area (Å²) in [6.45, 7) is -0.289. The molecule has 14 heavy (non-hydrogen) atoms. The van der Waals surface area contributed by atoms with E-state index in [9.17, 15) is 8.78 Å². The van der Waals surface area contributed by atoms with Crippen LogP contribution in [0.15, 0.2) is 10.5 Å². The first kappa shape index (κ1) is 12.0. The van der Waals surface area contributed by atoms with Gasteiger partial charge in [0.15, 0.2) is 0 Å². The molecule has 1 heterocycles. The standard InChI is InChI=1S/C8H7Br2F2NO/c9-2-6-7(10)4(3-14)1-5(13-6)8(11)12/h1,8,14H,2-3H2. The molecule has 1 N–H and O–H groups in total. The quantitative estimate of drug-likeness (QED) is 0.863. The molecular weight excluding hydrogens is 324 g/mol. The van der Waals surface area contributed by atoms with Crippen molar-refractivity contribution in [2.75, 3.05) is 0 Å². The van der Waals surface area contributed by atoms with Crippen LogP contribution in [0.25, 0.3) is 0 Å². The minimum atomic E-state index is -2.62. The lowest BCUT2D eigenvalue weighted by molar-refractivity contribution is 0.145. The molecule has 0 spiro atoms. The molecular formula is C8H7Br2F2NO. The van der Waals surface area contributed by atoms with Crippen LogP contribution >= 0.6 is 31.9 Å². The zero-order valence-corrected chi connectivity index (χ0v) is 10.1. The number of aliphatic hydroxyl groups is 1. The predicted molar refractivity (Wildman–Crippen MR) is 55.4 cm³/mol. The minimum absolute atomic E-state index is 0.289. The van der Waals surface area contributed by atoms with Gasteiger partial charge in [-0.1, -0.05) is 15.9 Å². The third-order valence-electron chi connectivity index (χ3n) is 1.64. The van der Waals surface area contributed by atoms with Gasteiger partial charge in [-0.05, 0) is 27.6 Å². The SMILES string of the molecule is OCc1cc(C(F)F)nc(CBr)c1Br. The fourth-order valence-electron chi connectivity index (χ4n) is 0.980. The van der Waals surface area contributed by atoms with Gasteiger partial charge in [0, 0.05) is 9.80 Å². The van der Waals surface area contributed by atoms with Gasteiger partial charge in [-0.25, -0.2) is 13.8 Å². The van der Waals surface area contributed by atoms with E-state index >= 15 is 0 Å². The zero-order chi connectivity index (χ0) is 10.7. The van der Waals surface area contributed by atoms with Crippen molar-refractivity contribution in [3.05, 3.63) is 27.5 Å². The first-order valence-corrected chi connectivity index (χ1v) is 5.64. The van der Waals surface area contributed by atoms with Crippen LogP contribution in [0.3, 0.4) is 0 Å². The molecule has 0 fully saturated rings. The number of alkyl halides is 3. The Labute approximate surface area is 96.6 Å². The summed E-state index contributed by atoms with van der Waals surface area (Å²) >= 11 is 6.32. The molecule has 0 radical (unpaired) electrons. The molecule has 0 saturated heterocycles. The summed E-state index contributed by atoms with van der Waals surface area (Å²) in [6.07, 6.45) is -2.62. The molecule has 0 bridgehead atoms. The van der Waals surface area contributed by atoms with Crippen LogP contribution in [0, 0.1) is 0 Å². The Hall–Kier alpha value is -0.0700. The number of hydrogen-bond donors (Lipinski definition) is 1. The van der Waals surface area contributed by atoms with Crippen molar-refractivity contribution in [2.24, 2.45) is 0 Å². The van der Waals surface area contributed by atoms with Crippen molar-refractivity contribution >= 4 is 31.9 Å². The second-order valence-electron chi connectivity index (χ2n) is 2.56. The second kappa shape index (κ2) is 5.14. The fourth-order valence-corrected chi connectivity index (χ4v) is 2.23. The van der Waals surface area contributed by atoms with E-state index in [0.717, 1.165) is 0 Å². The highest BCUT2D eigenvalue weighted by Gasteiger charge is 2.14. The van der Waals surface area contributed by atoms with E-state index in [4.69, 9.17) is 5.11 Å². The van der Waals surface area contributed by atoms with Crippen LogP contribution in [0.2, 0.25) is 0 Å². The third kappa shape index (κ3) is 2.49. The maximum absolute atomic E-state index is 12.4. The zero-order valence-electron chi connectivity index (χ0n) is 6.98. The van der Waals surface area contributed by atoms with E-state index in [1.807, 2.05) is 0 Å². The van der Waals surface area contributed by atoms with Crippen molar-refractivity contribution in [3.8, 4) is 0 Å².